The predicted octanol–water partition coefficient (Wildman–Crippen LogP) is 4.07. The largest absolute Gasteiger partial charge is 0.426 e. The lowest BCUT2D eigenvalue weighted by atomic mass is 10.1. The molecule has 2 aromatic carbocycles. The number of para-hydroxylation sites is 1. The van der Waals surface area contributed by atoms with E-state index < -0.39 is 0 Å². The Morgan fingerprint density at radius 3 is 2.45 bits per heavy atom. The minimum atomic E-state index is -0.319. The molecule has 0 fully saturated rings. The van der Waals surface area contributed by atoms with Crippen LogP contribution in [0, 0.1) is 6.92 Å². The Kier molecular flexibility index (Phi) is 5.73. The van der Waals surface area contributed by atoms with Crippen LogP contribution in [0.2, 0.25) is 0 Å². The Bertz CT molecular complexity index is 617. The van der Waals surface area contributed by atoms with Crippen molar-refractivity contribution < 1.29 is 14.3 Å². The molecule has 0 N–H and O–H groups in total. The van der Waals surface area contributed by atoms with Gasteiger partial charge in [-0.3, -0.25) is 4.79 Å². The maximum absolute atomic E-state index is 11.1. The molecule has 0 amide bonds. The lowest BCUT2D eigenvalue weighted by Gasteiger charge is -2.15. The molecule has 0 bridgehead atoms. The van der Waals surface area contributed by atoms with Crippen molar-refractivity contribution in [2.75, 3.05) is 0 Å². The highest BCUT2D eigenvalue weighted by Gasteiger charge is 2.09. The van der Waals surface area contributed by atoms with Crippen molar-refractivity contribution in [1.82, 2.24) is 0 Å². The van der Waals surface area contributed by atoms with Gasteiger partial charge in [-0.1, -0.05) is 48.0 Å². The first-order chi connectivity index (χ1) is 10.5. The number of benzene rings is 2. The summed E-state index contributed by atoms with van der Waals surface area (Å²) in [7, 11) is 0. The first-order valence-electron chi connectivity index (χ1n) is 7.48. The Morgan fingerprint density at radius 2 is 1.77 bits per heavy atom. The van der Waals surface area contributed by atoms with E-state index in [4.69, 9.17) is 9.47 Å². The summed E-state index contributed by atoms with van der Waals surface area (Å²) in [5, 5.41) is 0. The van der Waals surface area contributed by atoms with E-state index in [2.05, 4.69) is 31.2 Å². The minimum Gasteiger partial charge on any atom is -0.426 e. The highest BCUT2D eigenvalue weighted by molar-refractivity contribution is 5.69. The van der Waals surface area contributed by atoms with Crippen molar-refractivity contribution in [3.05, 3.63) is 65.2 Å². The molecule has 116 valence electrons. The standard InChI is InChI=1S/C19H22O3/c1-14-8-10-17(11-9-14)12-15(2)21-13-18-6-4-5-7-19(18)22-16(3)20/h4-11,15H,12-13H2,1-3H3. The Balaban J connectivity index is 1.92. The maximum Gasteiger partial charge on any atom is 0.308 e. The number of hydrogen-bond donors (Lipinski definition) is 0. The van der Waals surface area contributed by atoms with Crippen LogP contribution < -0.4 is 4.74 Å². The first-order valence-corrected chi connectivity index (χ1v) is 7.48. The molecule has 0 aromatic heterocycles. The number of carbonyl (C=O) groups excluding carboxylic acids is 1. The maximum atomic E-state index is 11.1. The number of carbonyl (C=O) groups is 1. The summed E-state index contributed by atoms with van der Waals surface area (Å²) in [6.45, 7) is 5.96. The van der Waals surface area contributed by atoms with Crippen LogP contribution in [-0.2, 0) is 22.6 Å². The summed E-state index contributed by atoms with van der Waals surface area (Å²) in [4.78, 5) is 11.1. The molecular formula is C19H22O3. The average Bonchev–Trinajstić information content (AvgIpc) is 2.48. The highest BCUT2D eigenvalue weighted by atomic mass is 16.5. The van der Waals surface area contributed by atoms with Gasteiger partial charge in [-0.15, -0.1) is 0 Å². The molecule has 3 nitrogen and oxygen atoms in total. The van der Waals surface area contributed by atoms with Crippen LogP contribution in [0.1, 0.15) is 30.5 Å². The van der Waals surface area contributed by atoms with Crippen LogP contribution in [0.5, 0.6) is 5.75 Å². The fraction of sp³-hybridized carbons (Fsp3) is 0.316. The fourth-order valence-corrected chi connectivity index (χ4v) is 2.22. The zero-order chi connectivity index (χ0) is 15.9. The second-order valence-electron chi connectivity index (χ2n) is 5.51. The number of ether oxygens (including phenoxy) is 2. The second kappa shape index (κ2) is 7.76. The van der Waals surface area contributed by atoms with Gasteiger partial charge >= 0.3 is 5.97 Å². The van der Waals surface area contributed by atoms with Crippen LogP contribution >= 0.6 is 0 Å². The van der Waals surface area contributed by atoms with Gasteiger partial charge in [0.1, 0.15) is 5.75 Å². The van der Waals surface area contributed by atoms with Gasteiger partial charge in [-0.2, -0.15) is 0 Å². The first kappa shape index (κ1) is 16.2. The topological polar surface area (TPSA) is 35.5 Å². The van der Waals surface area contributed by atoms with Crippen LogP contribution in [0.4, 0.5) is 0 Å². The molecule has 3 heteroatoms. The zero-order valence-corrected chi connectivity index (χ0v) is 13.3. The normalized spacial score (nSPS) is 12.0. The highest BCUT2D eigenvalue weighted by Crippen LogP contribution is 2.20. The summed E-state index contributed by atoms with van der Waals surface area (Å²) in [5.41, 5.74) is 3.40. The molecule has 0 heterocycles. The Morgan fingerprint density at radius 1 is 1.09 bits per heavy atom. The summed E-state index contributed by atoms with van der Waals surface area (Å²) in [6, 6.07) is 15.9. The van der Waals surface area contributed by atoms with E-state index in [0.717, 1.165) is 12.0 Å². The van der Waals surface area contributed by atoms with Crippen LogP contribution in [0.15, 0.2) is 48.5 Å². The molecule has 0 saturated carbocycles. The van der Waals surface area contributed by atoms with Gasteiger partial charge in [0.05, 0.1) is 12.7 Å². The third-order valence-corrected chi connectivity index (χ3v) is 3.39. The third kappa shape index (κ3) is 5.01. The van der Waals surface area contributed by atoms with E-state index in [-0.39, 0.29) is 12.1 Å². The smallest absolute Gasteiger partial charge is 0.308 e. The van der Waals surface area contributed by atoms with E-state index in [1.807, 2.05) is 25.1 Å². The molecule has 0 aliphatic rings. The summed E-state index contributed by atoms with van der Waals surface area (Å²) >= 11 is 0. The monoisotopic (exact) mass is 298 g/mol. The average molecular weight is 298 g/mol. The van der Waals surface area contributed by atoms with Crippen molar-refractivity contribution in [1.29, 1.82) is 0 Å². The van der Waals surface area contributed by atoms with E-state index in [9.17, 15) is 4.79 Å². The van der Waals surface area contributed by atoms with Crippen molar-refractivity contribution in [2.24, 2.45) is 0 Å². The molecule has 22 heavy (non-hydrogen) atoms. The second-order valence-corrected chi connectivity index (χ2v) is 5.51. The molecule has 0 aliphatic heterocycles. The van der Waals surface area contributed by atoms with Crippen molar-refractivity contribution in [2.45, 2.75) is 39.9 Å². The van der Waals surface area contributed by atoms with Gasteiger partial charge in [0.2, 0.25) is 0 Å². The Hall–Kier alpha value is -2.13. The predicted molar refractivity (Wildman–Crippen MR) is 86.9 cm³/mol. The summed E-state index contributed by atoms with van der Waals surface area (Å²) in [6.07, 6.45) is 0.948. The van der Waals surface area contributed by atoms with Crippen LogP contribution in [0.3, 0.4) is 0 Å². The van der Waals surface area contributed by atoms with Gasteiger partial charge in [0.15, 0.2) is 0 Å². The molecule has 1 atom stereocenters. The quantitative estimate of drug-likeness (QED) is 0.596. The number of aryl methyl sites for hydroxylation is 1. The molecule has 2 aromatic rings. The van der Waals surface area contributed by atoms with E-state index in [1.165, 1.54) is 18.1 Å². The van der Waals surface area contributed by atoms with E-state index >= 15 is 0 Å². The van der Waals surface area contributed by atoms with Gasteiger partial charge in [0, 0.05) is 12.5 Å². The third-order valence-electron chi connectivity index (χ3n) is 3.39. The van der Waals surface area contributed by atoms with Gasteiger partial charge in [-0.05, 0) is 31.9 Å². The number of esters is 1. The SMILES string of the molecule is CC(=O)Oc1ccccc1COC(C)Cc1ccc(C)cc1. The lowest BCUT2D eigenvalue weighted by molar-refractivity contribution is -0.132. The summed E-state index contributed by atoms with van der Waals surface area (Å²) < 4.78 is 11.1. The fourth-order valence-electron chi connectivity index (χ4n) is 2.22. The van der Waals surface area contributed by atoms with Gasteiger partial charge in [0.25, 0.3) is 0 Å². The molecule has 0 saturated heterocycles. The van der Waals surface area contributed by atoms with Crippen molar-refractivity contribution in [3.8, 4) is 5.75 Å². The molecule has 0 aliphatic carbocycles. The van der Waals surface area contributed by atoms with Crippen LogP contribution in [0.25, 0.3) is 0 Å². The molecular weight excluding hydrogens is 276 g/mol. The molecule has 0 radical (unpaired) electrons. The van der Waals surface area contributed by atoms with E-state index in [1.54, 1.807) is 6.07 Å². The van der Waals surface area contributed by atoms with Crippen molar-refractivity contribution in [3.63, 3.8) is 0 Å². The van der Waals surface area contributed by atoms with Gasteiger partial charge in [-0.25, -0.2) is 0 Å². The molecule has 0 spiro atoms. The van der Waals surface area contributed by atoms with Crippen molar-refractivity contribution >= 4 is 5.97 Å². The number of rotatable bonds is 6. The Labute approximate surface area is 131 Å². The lowest BCUT2D eigenvalue weighted by Crippen LogP contribution is -2.12. The summed E-state index contributed by atoms with van der Waals surface area (Å²) in [5.74, 6) is 0.248. The van der Waals surface area contributed by atoms with Gasteiger partial charge < -0.3 is 9.47 Å². The zero-order valence-electron chi connectivity index (χ0n) is 13.3. The van der Waals surface area contributed by atoms with Crippen LogP contribution in [-0.4, -0.2) is 12.1 Å². The minimum absolute atomic E-state index is 0.0908. The molecule has 2 rings (SSSR count). The van der Waals surface area contributed by atoms with E-state index in [0.29, 0.717) is 12.4 Å². The number of hydrogen-bond acceptors (Lipinski definition) is 3. The molecule has 1 unspecified atom stereocenters.